The number of ketones is 1. The number of aromatic nitrogens is 1. The fourth-order valence-electron chi connectivity index (χ4n) is 5.57. The molecule has 5 atom stereocenters. The van der Waals surface area contributed by atoms with Gasteiger partial charge in [-0.1, -0.05) is 36.4 Å². The molecular weight excluding hydrogens is 384 g/mol. The summed E-state index contributed by atoms with van der Waals surface area (Å²) in [4.78, 5) is 21.0. The van der Waals surface area contributed by atoms with Crippen LogP contribution in [0.4, 0.5) is 0 Å². The van der Waals surface area contributed by atoms with Crippen LogP contribution in [0.3, 0.4) is 0 Å². The molecule has 0 saturated carbocycles. The van der Waals surface area contributed by atoms with Gasteiger partial charge < -0.3 is 4.74 Å². The van der Waals surface area contributed by atoms with E-state index >= 15 is 0 Å². The highest BCUT2D eigenvalue weighted by Crippen LogP contribution is 2.44. The van der Waals surface area contributed by atoms with E-state index in [1.54, 1.807) is 7.11 Å². The SMILES string of the molecule is C=C[C@H]1CN2CC[C@H]1C[C@H]2[C@H](C(=O)c1ccccc1)c1ccnc2ccc(OC)cc12. The van der Waals surface area contributed by atoms with Crippen LogP contribution in [0.2, 0.25) is 0 Å². The Balaban J connectivity index is 1.64. The van der Waals surface area contributed by atoms with Crippen molar-refractivity contribution in [1.82, 2.24) is 9.88 Å². The van der Waals surface area contributed by atoms with E-state index in [0.29, 0.717) is 11.8 Å². The molecule has 3 aromatic rings. The Hall–Kier alpha value is -2.98. The number of fused-ring (bicyclic) bond motifs is 4. The number of hydrogen-bond donors (Lipinski definition) is 0. The number of hydrogen-bond acceptors (Lipinski definition) is 4. The molecule has 0 radical (unpaired) electrons. The maximum atomic E-state index is 14.0. The normalized spacial score (nSPS) is 25.8. The smallest absolute Gasteiger partial charge is 0.171 e. The van der Waals surface area contributed by atoms with Crippen LogP contribution in [-0.2, 0) is 0 Å². The fourth-order valence-corrected chi connectivity index (χ4v) is 5.57. The lowest BCUT2D eigenvalue weighted by Gasteiger charge is -2.51. The summed E-state index contributed by atoms with van der Waals surface area (Å²) >= 11 is 0. The summed E-state index contributed by atoms with van der Waals surface area (Å²) in [6.07, 6.45) is 6.14. The van der Waals surface area contributed by atoms with Crippen molar-refractivity contribution < 1.29 is 9.53 Å². The molecule has 6 rings (SSSR count). The zero-order chi connectivity index (χ0) is 21.4. The summed E-state index contributed by atoms with van der Waals surface area (Å²) in [6, 6.07) is 17.8. The molecule has 1 unspecified atom stereocenters. The molecule has 158 valence electrons. The van der Waals surface area contributed by atoms with Crippen LogP contribution in [0.25, 0.3) is 10.9 Å². The first-order chi connectivity index (χ1) is 15.2. The van der Waals surface area contributed by atoms with Gasteiger partial charge in [-0.05, 0) is 61.1 Å². The Kier molecular flexibility index (Phi) is 5.33. The second-order valence-electron chi connectivity index (χ2n) is 8.74. The first kappa shape index (κ1) is 20.0. The Bertz CT molecular complexity index is 1110. The van der Waals surface area contributed by atoms with E-state index in [1.807, 2.05) is 60.8 Å². The van der Waals surface area contributed by atoms with Crippen molar-refractivity contribution in [1.29, 1.82) is 0 Å². The largest absolute Gasteiger partial charge is 0.497 e. The molecule has 3 fully saturated rings. The quantitative estimate of drug-likeness (QED) is 0.417. The van der Waals surface area contributed by atoms with Gasteiger partial charge in [-0.25, -0.2) is 0 Å². The van der Waals surface area contributed by atoms with E-state index in [2.05, 4.69) is 22.5 Å². The fraction of sp³-hybridized carbons (Fsp3) is 0.333. The lowest BCUT2D eigenvalue weighted by atomic mass is 9.69. The number of ether oxygens (including phenoxy) is 1. The van der Waals surface area contributed by atoms with Crippen LogP contribution in [0, 0.1) is 11.8 Å². The third kappa shape index (κ3) is 3.55. The molecule has 3 aliphatic rings. The second-order valence-corrected chi connectivity index (χ2v) is 8.74. The van der Waals surface area contributed by atoms with Gasteiger partial charge in [-0.2, -0.15) is 0 Å². The van der Waals surface area contributed by atoms with Crippen LogP contribution < -0.4 is 4.74 Å². The lowest BCUT2D eigenvalue weighted by Crippen LogP contribution is -2.56. The van der Waals surface area contributed by atoms with Crippen LogP contribution in [0.1, 0.15) is 34.7 Å². The highest BCUT2D eigenvalue weighted by atomic mass is 16.5. The van der Waals surface area contributed by atoms with Crippen molar-refractivity contribution in [2.75, 3.05) is 20.2 Å². The Labute approximate surface area is 183 Å². The minimum Gasteiger partial charge on any atom is -0.497 e. The van der Waals surface area contributed by atoms with Crippen molar-refractivity contribution in [3.05, 3.63) is 84.6 Å². The molecule has 31 heavy (non-hydrogen) atoms. The molecule has 0 spiro atoms. The Morgan fingerprint density at radius 2 is 2.06 bits per heavy atom. The van der Waals surface area contributed by atoms with Gasteiger partial charge in [0, 0.05) is 29.7 Å². The zero-order valence-corrected chi connectivity index (χ0v) is 17.9. The van der Waals surface area contributed by atoms with E-state index in [9.17, 15) is 4.79 Å². The molecule has 0 aliphatic carbocycles. The second kappa shape index (κ2) is 8.27. The van der Waals surface area contributed by atoms with Crippen molar-refractivity contribution in [3.63, 3.8) is 0 Å². The van der Waals surface area contributed by atoms with Gasteiger partial charge in [-0.15, -0.1) is 6.58 Å². The molecule has 2 bridgehead atoms. The first-order valence-corrected chi connectivity index (χ1v) is 11.1. The zero-order valence-electron chi connectivity index (χ0n) is 17.9. The average Bonchev–Trinajstić information content (AvgIpc) is 2.84. The number of rotatable bonds is 6. The summed E-state index contributed by atoms with van der Waals surface area (Å²) in [5.41, 5.74) is 2.71. The first-order valence-electron chi connectivity index (χ1n) is 11.1. The molecule has 0 N–H and O–H groups in total. The summed E-state index contributed by atoms with van der Waals surface area (Å²) in [6.45, 7) is 6.09. The van der Waals surface area contributed by atoms with Crippen LogP contribution in [0.5, 0.6) is 5.75 Å². The van der Waals surface area contributed by atoms with Crippen molar-refractivity contribution in [2.24, 2.45) is 11.8 Å². The minimum absolute atomic E-state index is 0.180. The number of pyridine rings is 1. The van der Waals surface area contributed by atoms with Crippen LogP contribution in [0.15, 0.2) is 73.4 Å². The van der Waals surface area contributed by atoms with Gasteiger partial charge in [0.1, 0.15) is 5.75 Å². The van der Waals surface area contributed by atoms with Crippen molar-refractivity contribution in [2.45, 2.75) is 24.8 Å². The predicted octanol–water partition coefficient (Wildman–Crippen LogP) is 5.11. The van der Waals surface area contributed by atoms with Gasteiger partial charge in [0.15, 0.2) is 5.78 Å². The molecule has 4 heteroatoms. The number of nitrogens with zero attached hydrogens (tertiary/aromatic N) is 2. The van der Waals surface area contributed by atoms with Crippen molar-refractivity contribution in [3.8, 4) is 5.75 Å². The molecule has 2 aromatic carbocycles. The maximum Gasteiger partial charge on any atom is 0.171 e. The summed E-state index contributed by atoms with van der Waals surface area (Å²) in [7, 11) is 1.67. The Morgan fingerprint density at radius 1 is 1.23 bits per heavy atom. The molecule has 1 aromatic heterocycles. The molecule has 4 nitrogen and oxygen atoms in total. The van der Waals surface area contributed by atoms with E-state index in [0.717, 1.165) is 47.3 Å². The molecule has 3 saturated heterocycles. The van der Waals surface area contributed by atoms with Gasteiger partial charge in [0.25, 0.3) is 0 Å². The summed E-state index contributed by atoms with van der Waals surface area (Å²) in [5.74, 6) is 1.84. The van der Waals surface area contributed by atoms with Crippen LogP contribution in [-0.4, -0.2) is 41.9 Å². The summed E-state index contributed by atoms with van der Waals surface area (Å²) < 4.78 is 5.49. The molecular formula is C27H28N2O2. The van der Waals surface area contributed by atoms with Crippen LogP contribution >= 0.6 is 0 Å². The third-order valence-corrected chi connectivity index (χ3v) is 7.20. The average molecular weight is 413 g/mol. The van der Waals surface area contributed by atoms with E-state index in [4.69, 9.17) is 4.74 Å². The minimum atomic E-state index is -0.242. The topological polar surface area (TPSA) is 42.4 Å². The maximum absolute atomic E-state index is 14.0. The van der Waals surface area contributed by atoms with Gasteiger partial charge in [0.2, 0.25) is 0 Å². The van der Waals surface area contributed by atoms with Gasteiger partial charge in [-0.3, -0.25) is 14.7 Å². The van der Waals surface area contributed by atoms with E-state index in [-0.39, 0.29) is 17.7 Å². The monoisotopic (exact) mass is 412 g/mol. The predicted molar refractivity (Wildman–Crippen MR) is 124 cm³/mol. The van der Waals surface area contributed by atoms with E-state index in [1.165, 1.54) is 6.42 Å². The highest BCUT2D eigenvalue weighted by molar-refractivity contribution is 6.04. The Morgan fingerprint density at radius 3 is 2.77 bits per heavy atom. The molecule has 0 amide bonds. The molecule has 4 heterocycles. The number of carbonyl (C=O) groups excluding carboxylic acids is 1. The van der Waals surface area contributed by atoms with Crippen molar-refractivity contribution >= 4 is 16.7 Å². The number of Topliss-reactive ketones (excluding diaryl/α,β-unsaturated/α-hetero) is 1. The standard InChI is InChI=1S/C27H28N2O2/c1-3-18-17-29-14-12-20(18)15-25(29)26(27(30)19-7-5-4-6-8-19)22-11-13-28-24-10-9-21(31-2)16-23(22)24/h3-11,13,16,18,20,25-26H,1,12,14-15,17H2,2H3/t18-,20-,25-,26+/m0/s1. The van der Waals surface area contributed by atoms with Gasteiger partial charge in [0.05, 0.1) is 18.5 Å². The summed E-state index contributed by atoms with van der Waals surface area (Å²) in [5, 5.41) is 0.999. The number of piperidine rings is 3. The van der Waals surface area contributed by atoms with Gasteiger partial charge >= 0.3 is 0 Å². The number of methoxy groups -OCH3 is 1. The number of carbonyl (C=O) groups is 1. The number of benzene rings is 2. The highest BCUT2D eigenvalue weighted by Gasteiger charge is 2.45. The van der Waals surface area contributed by atoms with E-state index < -0.39 is 0 Å². The lowest BCUT2D eigenvalue weighted by molar-refractivity contribution is 0.00819. The third-order valence-electron chi connectivity index (χ3n) is 7.20. The molecule has 3 aliphatic heterocycles.